The van der Waals surface area contributed by atoms with Gasteiger partial charge in [-0.25, -0.2) is 8.78 Å². The molecule has 3 rings (SSSR count). The molecule has 2 saturated heterocycles. The minimum atomic E-state index is -0.763. The average molecular weight is 280 g/mol. The van der Waals surface area contributed by atoms with Gasteiger partial charge in [-0.3, -0.25) is 4.90 Å². The highest BCUT2D eigenvalue weighted by atomic mass is 19.2. The molecule has 2 heterocycles. The van der Waals surface area contributed by atoms with Crippen LogP contribution in [0.5, 0.6) is 0 Å². The number of piperidine rings is 1. The lowest BCUT2D eigenvalue weighted by molar-refractivity contribution is 0.112. The Hall–Kier alpha value is -1.00. The molecule has 0 bridgehead atoms. The van der Waals surface area contributed by atoms with E-state index in [1.54, 1.807) is 6.07 Å². The zero-order valence-corrected chi connectivity index (χ0v) is 11.7. The van der Waals surface area contributed by atoms with E-state index in [0.717, 1.165) is 25.2 Å². The summed E-state index contributed by atoms with van der Waals surface area (Å²) in [6.45, 7) is 2.89. The van der Waals surface area contributed by atoms with Crippen molar-refractivity contribution in [3.05, 3.63) is 35.4 Å². The number of likely N-dealkylation sites (tertiary alicyclic amines) is 1. The van der Waals surface area contributed by atoms with Gasteiger partial charge in [-0.15, -0.1) is 0 Å². The maximum atomic E-state index is 13.3. The smallest absolute Gasteiger partial charge is 0.159 e. The molecule has 0 aliphatic carbocycles. The number of rotatable bonds is 3. The third-order valence-corrected chi connectivity index (χ3v) is 4.60. The molecule has 1 aromatic carbocycles. The monoisotopic (exact) mass is 280 g/mol. The van der Waals surface area contributed by atoms with Crippen molar-refractivity contribution >= 4 is 0 Å². The summed E-state index contributed by atoms with van der Waals surface area (Å²) < 4.78 is 26.3. The number of nitrogens with zero attached hydrogens (tertiary/aromatic N) is 1. The number of benzene rings is 1. The van der Waals surface area contributed by atoms with E-state index in [9.17, 15) is 8.78 Å². The van der Waals surface area contributed by atoms with Crippen molar-refractivity contribution in [2.75, 3.05) is 13.1 Å². The molecule has 2 unspecified atom stereocenters. The molecule has 2 aliphatic heterocycles. The summed E-state index contributed by atoms with van der Waals surface area (Å²) in [5.41, 5.74) is 0.869. The summed E-state index contributed by atoms with van der Waals surface area (Å²) in [5, 5.41) is 3.59. The van der Waals surface area contributed by atoms with Crippen LogP contribution in [-0.2, 0) is 6.54 Å². The quantitative estimate of drug-likeness (QED) is 0.915. The van der Waals surface area contributed by atoms with E-state index in [1.165, 1.54) is 44.2 Å². The van der Waals surface area contributed by atoms with Crippen molar-refractivity contribution in [1.29, 1.82) is 0 Å². The SMILES string of the molecule is Fc1ccc(CN2CCCCC2C2CCCN2)cc1F. The summed E-state index contributed by atoms with van der Waals surface area (Å²) in [4.78, 5) is 2.44. The number of halogens is 2. The van der Waals surface area contributed by atoms with E-state index in [-0.39, 0.29) is 0 Å². The van der Waals surface area contributed by atoms with Crippen molar-refractivity contribution in [1.82, 2.24) is 10.2 Å². The molecule has 0 saturated carbocycles. The lowest BCUT2D eigenvalue weighted by Crippen LogP contribution is -2.49. The molecule has 0 aromatic heterocycles. The average Bonchev–Trinajstić information content (AvgIpc) is 2.97. The van der Waals surface area contributed by atoms with Gasteiger partial charge in [0.1, 0.15) is 0 Å². The van der Waals surface area contributed by atoms with Crippen LogP contribution in [0, 0.1) is 11.6 Å². The second-order valence-electron chi connectivity index (χ2n) is 5.98. The van der Waals surface area contributed by atoms with E-state index >= 15 is 0 Å². The summed E-state index contributed by atoms with van der Waals surface area (Å²) >= 11 is 0. The van der Waals surface area contributed by atoms with Gasteiger partial charge < -0.3 is 5.32 Å². The van der Waals surface area contributed by atoms with Gasteiger partial charge in [0.05, 0.1) is 0 Å². The Morgan fingerprint density at radius 1 is 1.10 bits per heavy atom. The Balaban J connectivity index is 1.71. The van der Waals surface area contributed by atoms with E-state index in [2.05, 4.69) is 10.2 Å². The van der Waals surface area contributed by atoms with Crippen LogP contribution < -0.4 is 5.32 Å². The standard InChI is InChI=1S/C16H22F2N2/c17-13-7-6-12(10-14(13)18)11-20-9-2-1-5-16(20)15-4-3-8-19-15/h6-7,10,15-16,19H,1-5,8-9,11H2. The van der Waals surface area contributed by atoms with Crippen LogP contribution in [0.2, 0.25) is 0 Å². The van der Waals surface area contributed by atoms with Crippen LogP contribution in [0.25, 0.3) is 0 Å². The number of hydrogen-bond acceptors (Lipinski definition) is 2. The summed E-state index contributed by atoms with van der Waals surface area (Å²) in [7, 11) is 0. The van der Waals surface area contributed by atoms with Crippen molar-refractivity contribution < 1.29 is 8.78 Å². The molecule has 2 fully saturated rings. The van der Waals surface area contributed by atoms with Crippen molar-refractivity contribution in [3.63, 3.8) is 0 Å². The van der Waals surface area contributed by atoms with Crippen molar-refractivity contribution in [2.45, 2.75) is 50.7 Å². The molecule has 2 nitrogen and oxygen atoms in total. The Bertz CT molecular complexity index is 458. The second-order valence-corrected chi connectivity index (χ2v) is 5.98. The maximum absolute atomic E-state index is 13.3. The second kappa shape index (κ2) is 6.19. The maximum Gasteiger partial charge on any atom is 0.159 e. The Labute approximate surface area is 119 Å². The molecule has 1 aromatic rings. The highest BCUT2D eigenvalue weighted by Crippen LogP contribution is 2.26. The summed E-state index contributed by atoms with van der Waals surface area (Å²) in [6.07, 6.45) is 6.17. The molecule has 0 amide bonds. The van der Waals surface area contributed by atoms with E-state index in [4.69, 9.17) is 0 Å². The first-order chi connectivity index (χ1) is 9.74. The van der Waals surface area contributed by atoms with Crippen LogP contribution in [-0.4, -0.2) is 30.1 Å². The third-order valence-electron chi connectivity index (χ3n) is 4.60. The first-order valence-electron chi connectivity index (χ1n) is 7.65. The highest BCUT2D eigenvalue weighted by Gasteiger charge is 2.31. The fourth-order valence-corrected chi connectivity index (χ4v) is 3.58. The molecule has 2 aliphatic rings. The molecular weight excluding hydrogens is 258 g/mol. The fraction of sp³-hybridized carbons (Fsp3) is 0.625. The Morgan fingerprint density at radius 3 is 2.75 bits per heavy atom. The molecule has 0 spiro atoms. The zero-order chi connectivity index (χ0) is 13.9. The van der Waals surface area contributed by atoms with E-state index in [0.29, 0.717) is 12.1 Å². The van der Waals surface area contributed by atoms with Crippen LogP contribution in [0.15, 0.2) is 18.2 Å². The Kier molecular flexibility index (Phi) is 4.32. The molecule has 1 N–H and O–H groups in total. The van der Waals surface area contributed by atoms with Gasteiger partial charge in [0.25, 0.3) is 0 Å². The van der Waals surface area contributed by atoms with Crippen LogP contribution >= 0.6 is 0 Å². The van der Waals surface area contributed by atoms with Crippen molar-refractivity contribution in [2.24, 2.45) is 0 Å². The summed E-state index contributed by atoms with van der Waals surface area (Å²) in [5.74, 6) is -1.50. The van der Waals surface area contributed by atoms with Gasteiger partial charge in [-0.05, 0) is 56.5 Å². The molecule has 4 heteroatoms. The van der Waals surface area contributed by atoms with E-state index < -0.39 is 11.6 Å². The number of hydrogen-bond donors (Lipinski definition) is 1. The lowest BCUT2D eigenvalue weighted by atomic mass is 9.94. The van der Waals surface area contributed by atoms with Crippen LogP contribution in [0.3, 0.4) is 0 Å². The van der Waals surface area contributed by atoms with Gasteiger partial charge in [0, 0.05) is 18.6 Å². The van der Waals surface area contributed by atoms with Gasteiger partial charge in [0.2, 0.25) is 0 Å². The fourth-order valence-electron chi connectivity index (χ4n) is 3.58. The largest absolute Gasteiger partial charge is 0.312 e. The lowest BCUT2D eigenvalue weighted by Gasteiger charge is -2.39. The highest BCUT2D eigenvalue weighted by molar-refractivity contribution is 5.18. The van der Waals surface area contributed by atoms with Crippen LogP contribution in [0.4, 0.5) is 8.78 Å². The van der Waals surface area contributed by atoms with E-state index in [1.807, 2.05) is 0 Å². The predicted molar refractivity (Wildman–Crippen MR) is 75.4 cm³/mol. The zero-order valence-electron chi connectivity index (χ0n) is 11.7. The Morgan fingerprint density at radius 2 is 2.00 bits per heavy atom. The van der Waals surface area contributed by atoms with Crippen molar-refractivity contribution in [3.8, 4) is 0 Å². The van der Waals surface area contributed by atoms with Gasteiger partial charge >= 0.3 is 0 Å². The molecule has 20 heavy (non-hydrogen) atoms. The van der Waals surface area contributed by atoms with Gasteiger partial charge in [0.15, 0.2) is 11.6 Å². The minimum Gasteiger partial charge on any atom is -0.312 e. The first-order valence-corrected chi connectivity index (χ1v) is 7.65. The molecule has 0 radical (unpaired) electrons. The number of nitrogens with one attached hydrogen (secondary N) is 1. The molecule has 2 atom stereocenters. The first kappa shape index (κ1) is 14.0. The summed E-state index contributed by atoms with van der Waals surface area (Å²) in [6, 6.07) is 5.38. The topological polar surface area (TPSA) is 15.3 Å². The minimum absolute atomic E-state index is 0.541. The molecular formula is C16H22F2N2. The third kappa shape index (κ3) is 3.01. The predicted octanol–water partition coefficient (Wildman–Crippen LogP) is 3.07. The van der Waals surface area contributed by atoms with Crippen LogP contribution in [0.1, 0.15) is 37.7 Å². The molecule has 110 valence electrons. The van der Waals surface area contributed by atoms with Gasteiger partial charge in [-0.2, -0.15) is 0 Å². The normalized spacial score (nSPS) is 27.9. The van der Waals surface area contributed by atoms with Gasteiger partial charge in [-0.1, -0.05) is 12.5 Å².